The van der Waals surface area contributed by atoms with Crippen molar-refractivity contribution in [2.45, 2.75) is 6.10 Å². The van der Waals surface area contributed by atoms with Crippen LogP contribution in [-0.4, -0.2) is 42.5 Å². The molecule has 1 saturated heterocycles. The van der Waals surface area contributed by atoms with Crippen molar-refractivity contribution in [3.8, 4) is 0 Å². The van der Waals surface area contributed by atoms with E-state index in [1.165, 1.54) is 0 Å². The first-order chi connectivity index (χ1) is 7.69. The van der Waals surface area contributed by atoms with E-state index in [9.17, 15) is 0 Å². The third kappa shape index (κ3) is 2.55. The molecular weight excluding hydrogens is 230 g/mol. The number of morpholine rings is 1. The number of rotatable bonds is 2. The van der Waals surface area contributed by atoms with Crippen LogP contribution >= 0.6 is 11.6 Å². The molecule has 0 spiro atoms. The summed E-state index contributed by atoms with van der Waals surface area (Å²) >= 11 is 5.84. The number of nitrogens with zero attached hydrogens (tertiary/aromatic N) is 2. The molecule has 0 bridgehead atoms. The van der Waals surface area contributed by atoms with Gasteiger partial charge in [-0.3, -0.25) is 0 Å². The van der Waals surface area contributed by atoms with Crippen LogP contribution < -0.4 is 10.6 Å². The fourth-order valence-electron chi connectivity index (χ4n) is 1.70. The minimum Gasteiger partial charge on any atom is -0.399 e. The van der Waals surface area contributed by atoms with Gasteiger partial charge in [0.1, 0.15) is 11.0 Å². The van der Waals surface area contributed by atoms with Crippen molar-refractivity contribution in [2.75, 3.05) is 36.9 Å². The topological polar surface area (TPSA) is 71.6 Å². The number of aliphatic hydroxyl groups excluding tert-OH is 1. The number of anilines is 2. The van der Waals surface area contributed by atoms with Crippen LogP contribution in [0.4, 0.5) is 11.5 Å². The summed E-state index contributed by atoms with van der Waals surface area (Å²) in [6.45, 7) is 1.90. The summed E-state index contributed by atoms with van der Waals surface area (Å²) in [4.78, 5) is 6.21. The Balaban J connectivity index is 2.16. The smallest absolute Gasteiger partial charge is 0.133 e. The maximum atomic E-state index is 9.04. The highest BCUT2D eigenvalue weighted by atomic mass is 35.5. The zero-order valence-corrected chi connectivity index (χ0v) is 9.52. The second-order valence-electron chi connectivity index (χ2n) is 3.70. The molecule has 88 valence electrons. The van der Waals surface area contributed by atoms with Crippen molar-refractivity contribution >= 4 is 23.1 Å². The van der Waals surface area contributed by atoms with Gasteiger partial charge in [0.05, 0.1) is 19.3 Å². The molecule has 2 heterocycles. The number of halogens is 1. The van der Waals surface area contributed by atoms with Gasteiger partial charge in [-0.1, -0.05) is 11.6 Å². The molecule has 1 aliphatic rings. The molecule has 1 aromatic rings. The highest BCUT2D eigenvalue weighted by Gasteiger charge is 2.21. The quantitative estimate of drug-likeness (QED) is 0.741. The third-order valence-electron chi connectivity index (χ3n) is 2.47. The van der Waals surface area contributed by atoms with Crippen LogP contribution in [0.5, 0.6) is 0 Å². The minimum absolute atomic E-state index is 0.00650. The minimum atomic E-state index is -0.171. The maximum Gasteiger partial charge on any atom is 0.133 e. The number of hydrogen-bond donors (Lipinski definition) is 2. The molecule has 3 N–H and O–H groups in total. The molecule has 0 aliphatic carbocycles. The fraction of sp³-hybridized carbons (Fsp3) is 0.500. The van der Waals surface area contributed by atoms with Crippen LogP contribution in [0.2, 0.25) is 5.15 Å². The number of ether oxygens (including phenoxy) is 1. The number of pyridine rings is 1. The number of nitrogens with two attached hydrogens (primary N) is 1. The lowest BCUT2D eigenvalue weighted by atomic mass is 10.2. The highest BCUT2D eigenvalue weighted by molar-refractivity contribution is 6.29. The van der Waals surface area contributed by atoms with Crippen molar-refractivity contribution in [3.63, 3.8) is 0 Å². The molecule has 1 aliphatic heterocycles. The van der Waals surface area contributed by atoms with E-state index in [4.69, 9.17) is 27.2 Å². The Morgan fingerprint density at radius 1 is 1.62 bits per heavy atom. The fourth-order valence-corrected chi connectivity index (χ4v) is 1.91. The van der Waals surface area contributed by atoms with Crippen molar-refractivity contribution in [1.29, 1.82) is 0 Å². The molecule has 6 heteroatoms. The van der Waals surface area contributed by atoms with Crippen molar-refractivity contribution in [1.82, 2.24) is 4.98 Å². The van der Waals surface area contributed by atoms with Crippen molar-refractivity contribution in [2.24, 2.45) is 0 Å². The van der Waals surface area contributed by atoms with E-state index in [-0.39, 0.29) is 12.7 Å². The molecule has 0 amide bonds. The van der Waals surface area contributed by atoms with Crippen LogP contribution in [0.1, 0.15) is 0 Å². The Morgan fingerprint density at radius 2 is 2.44 bits per heavy atom. The maximum absolute atomic E-state index is 9.04. The number of aliphatic hydroxyl groups is 1. The van der Waals surface area contributed by atoms with E-state index in [0.717, 1.165) is 12.4 Å². The average molecular weight is 244 g/mol. The normalized spacial score (nSPS) is 21.1. The van der Waals surface area contributed by atoms with E-state index in [1.807, 2.05) is 4.90 Å². The molecule has 5 nitrogen and oxygen atoms in total. The molecule has 1 fully saturated rings. The van der Waals surface area contributed by atoms with Gasteiger partial charge in [0.2, 0.25) is 0 Å². The van der Waals surface area contributed by atoms with Gasteiger partial charge in [0.15, 0.2) is 0 Å². The van der Waals surface area contributed by atoms with Gasteiger partial charge in [-0.2, -0.15) is 0 Å². The van der Waals surface area contributed by atoms with Gasteiger partial charge >= 0.3 is 0 Å². The largest absolute Gasteiger partial charge is 0.399 e. The zero-order valence-electron chi connectivity index (χ0n) is 8.77. The Kier molecular flexibility index (Phi) is 3.48. The first-order valence-electron chi connectivity index (χ1n) is 5.09. The van der Waals surface area contributed by atoms with E-state index < -0.39 is 0 Å². The Bertz CT molecular complexity index is 355. The molecular formula is C10H14ClN3O2. The van der Waals surface area contributed by atoms with E-state index in [2.05, 4.69) is 4.98 Å². The Labute approximate surface area is 98.8 Å². The van der Waals surface area contributed by atoms with E-state index >= 15 is 0 Å². The number of hydrogen-bond acceptors (Lipinski definition) is 5. The molecule has 1 unspecified atom stereocenters. The average Bonchev–Trinajstić information content (AvgIpc) is 2.28. The summed E-state index contributed by atoms with van der Waals surface area (Å²) in [6.07, 6.45) is -0.171. The molecule has 2 rings (SSSR count). The Hall–Kier alpha value is -1.04. The van der Waals surface area contributed by atoms with Gasteiger partial charge in [0, 0.05) is 24.8 Å². The van der Waals surface area contributed by atoms with Crippen LogP contribution in [0, 0.1) is 0 Å². The summed E-state index contributed by atoms with van der Waals surface area (Å²) in [5.74, 6) is 0.728. The summed E-state index contributed by atoms with van der Waals surface area (Å²) < 4.78 is 5.36. The van der Waals surface area contributed by atoms with Crippen molar-refractivity contribution < 1.29 is 9.84 Å². The predicted octanol–water partition coefficient (Wildman–Crippen LogP) is 0.515. The lowest BCUT2D eigenvalue weighted by Crippen LogP contribution is -2.44. The Morgan fingerprint density at radius 3 is 3.12 bits per heavy atom. The predicted molar refractivity (Wildman–Crippen MR) is 62.7 cm³/mol. The molecule has 16 heavy (non-hydrogen) atoms. The van der Waals surface area contributed by atoms with Crippen molar-refractivity contribution in [3.05, 3.63) is 17.3 Å². The second kappa shape index (κ2) is 4.86. The monoisotopic (exact) mass is 243 g/mol. The first kappa shape index (κ1) is 11.4. The lowest BCUT2D eigenvalue weighted by Gasteiger charge is -2.33. The number of nitrogen functional groups attached to an aromatic ring is 1. The molecule has 0 radical (unpaired) electrons. The molecule has 1 atom stereocenters. The summed E-state index contributed by atoms with van der Waals surface area (Å²) in [5.41, 5.74) is 6.29. The van der Waals surface area contributed by atoms with Crippen LogP contribution in [0.25, 0.3) is 0 Å². The summed E-state index contributed by atoms with van der Waals surface area (Å²) in [6, 6.07) is 3.38. The lowest BCUT2D eigenvalue weighted by molar-refractivity contribution is 0.00337. The number of aromatic nitrogens is 1. The molecule has 1 aromatic heterocycles. The standard InChI is InChI=1S/C10H14ClN3O2/c11-9-3-7(12)4-10(13-9)14-1-2-16-8(5-14)6-15/h3-4,8,15H,1-2,5-6H2,(H2,12,13). The van der Waals surface area contributed by atoms with Gasteiger partial charge in [-0.05, 0) is 6.07 Å². The highest BCUT2D eigenvalue weighted by Crippen LogP contribution is 2.21. The molecule has 0 saturated carbocycles. The van der Waals surface area contributed by atoms with E-state index in [0.29, 0.717) is 24.0 Å². The van der Waals surface area contributed by atoms with Crippen LogP contribution in [-0.2, 0) is 4.74 Å². The van der Waals surface area contributed by atoms with Crippen LogP contribution in [0.15, 0.2) is 12.1 Å². The third-order valence-corrected chi connectivity index (χ3v) is 2.66. The first-order valence-corrected chi connectivity index (χ1v) is 5.47. The summed E-state index contributed by atoms with van der Waals surface area (Å²) in [5, 5.41) is 9.42. The van der Waals surface area contributed by atoms with Gasteiger partial charge < -0.3 is 20.5 Å². The van der Waals surface area contributed by atoms with Gasteiger partial charge in [-0.25, -0.2) is 4.98 Å². The second-order valence-corrected chi connectivity index (χ2v) is 4.09. The van der Waals surface area contributed by atoms with Crippen LogP contribution in [0.3, 0.4) is 0 Å². The zero-order chi connectivity index (χ0) is 11.5. The van der Waals surface area contributed by atoms with E-state index in [1.54, 1.807) is 12.1 Å². The SMILES string of the molecule is Nc1cc(Cl)nc(N2CCOC(CO)C2)c1. The molecule has 0 aromatic carbocycles. The van der Waals surface area contributed by atoms with Gasteiger partial charge in [0.25, 0.3) is 0 Å². The summed E-state index contributed by atoms with van der Waals surface area (Å²) in [7, 11) is 0. The van der Waals surface area contributed by atoms with Gasteiger partial charge in [-0.15, -0.1) is 0 Å².